The normalized spacial score (nSPS) is 27.2. The van der Waals surface area contributed by atoms with Crippen LogP contribution in [0.5, 0.6) is 0 Å². The van der Waals surface area contributed by atoms with Gasteiger partial charge >= 0.3 is 0 Å². The molecule has 3 rings (SSSR count). The third kappa shape index (κ3) is 2.86. The second-order valence-electron chi connectivity index (χ2n) is 4.41. The number of likely N-dealkylation sites (tertiary alicyclic amines) is 1. The molecule has 2 fully saturated rings. The van der Waals surface area contributed by atoms with Crippen LogP contribution in [0, 0.1) is 0 Å². The summed E-state index contributed by atoms with van der Waals surface area (Å²) in [7, 11) is 0. The molecule has 2 heterocycles. The van der Waals surface area contributed by atoms with E-state index in [2.05, 4.69) is 40.5 Å². The van der Waals surface area contributed by atoms with Crippen molar-refractivity contribution in [3.8, 4) is 0 Å². The van der Waals surface area contributed by atoms with Gasteiger partial charge < -0.3 is 5.32 Å². The van der Waals surface area contributed by atoms with Crippen LogP contribution in [0.2, 0.25) is 0 Å². The zero-order valence-electron chi connectivity index (χ0n) is 9.13. The third-order valence-electron chi connectivity index (χ3n) is 3.40. The molecular formula is C12H18Br2N2. The monoisotopic (exact) mass is 348 g/mol. The molecule has 0 aliphatic carbocycles. The van der Waals surface area contributed by atoms with Crippen LogP contribution in [-0.4, -0.2) is 30.1 Å². The second-order valence-corrected chi connectivity index (χ2v) is 4.41. The number of hydrogen-bond donors (Lipinski definition) is 1. The van der Waals surface area contributed by atoms with Crippen LogP contribution in [0.15, 0.2) is 30.3 Å². The number of fused-ring (bicyclic) bond motifs is 2. The molecule has 2 aliphatic rings. The lowest BCUT2D eigenvalue weighted by Crippen LogP contribution is -2.42. The maximum Gasteiger partial charge on any atom is 0.0240 e. The molecule has 2 nitrogen and oxygen atoms in total. The number of rotatable bonds is 2. The van der Waals surface area contributed by atoms with Gasteiger partial charge in [-0.3, -0.25) is 4.90 Å². The van der Waals surface area contributed by atoms with Gasteiger partial charge in [0.15, 0.2) is 0 Å². The molecular weight excluding hydrogens is 332 g/mol. The lowest BCUT2D eigenvalue weighted by atomic mass is 10.2. The van der Waals surface area contributed by atoms with E-state index in [4.69, 9.17) is 0 Å². The molecule has 0 amide bonds. The molecule has 16 heavy (non-hydrogen) atoms. The Hall–Kier alpha value is 0.100. The van der Waals surface area contributed by atoms with Gasteiger partial charge in [0, 0.05) is 31.7 Å². The van der Waals surface area contributed by atoms with Crippen LogP contribution in [-0.2, 0) is 6.54 Å². The molecule has 90 valence electrons. The zero-order valence-corrected chi connectivity index (χ0v) is 12.6. The molecule has 2 saturated heterocycles. The van der Waals surface area contributed by atoms with Crippen LogP contribution in [0.4, 0.5) is 0 Å². The molecule has 0 saturated carbocycles. The van der Waals surface area contributed by atoms with E-state index in [0.29, 0.717) is 0 Å². The van der Waals surface area contributed by atoms with Crippen molar-refractivity contribution in [1.29, 1.82) is 0 Å². The van der Waals surface area contributed by atoms with E-state index < -0.39 is 0 Å². The first-order valence-corrected chi connectivity index (χ1v) is 5.43. The summed E-state index contributed by atoms with van der Waals surface area (Å²) in [6.07, 6.45) is 1.35. The fourth-order valence-corrected chi connectivity index (χ4v) is 2.66. The number of hydrogen-bond acceptors (Lipinski definition) is 2. The van der Waals surface area contributed by atoms with Crippen molar-refractivity contribution in [1.82, 2.24) is 10.2 Å². The predicted molar refractivity (Wildman–Crippen MR) is 77.7 cm³/mol. The Balaban J connectivity index is 0.000000640. The molecule has 0 radical (unpaired) electrons. The van der Waals surface area contributed by atoms with E-state index in [1.165, 1.54) is 25.1 Å². The standard InChI is InChI=1S/C12H16N2.2BrH/c1-2-4-10(5-3-1)8-14-9-11-6-12(14)7-13-11;;/h1-5,11-13H,6-9H2;2*1H/t11-,12-;;/m1../s1. The van der Waals surface area contributed by atoms with E-state index in [9.17, 15) is 0 Å². The molecule has 2 bridgehead atoms. The van der Waals surface area contributed by atoms with Crippen LogP contribution < -0.4 is 5.32 Å². The molecule has 0 unspecified atom stereocenters. The quantitative estimate of drug-likeness (QED) is 0.881. The van der Waals surface area contributed by atoms with Crippen molar-refractivity contribution >= 4 is 34.0 Å². The van der Waals surface area contributed by atoms with Crippen molar-refractivity contribution in [2.45, 2.75) is 25.0 Å². The lowest BCUT2D eigenvalue weighted by molar-refractivity contribution is 0.218. The Morgan fingerprint density at radius 2 is 1.94 bits per heavy atom. The van der Waals surface area contributed by atoms with Crippen molar-refractivity contribution in [3.63, 3.8) is 0 Å². The first kappa shape index (κ1) is 14.2. The number of benzene rings is 1. The minimum Gasteiger partial charge on any atom is -0.311 e. The highest BCUT2D eigenvalue weighted by Gasteiger charge is 2.36. The summed E-state index contributed by atoms with van der Waals surface area (Å²) in [6, 6.07) is 12.3. The highest BCUT2D eigenvalue weighted by atomic mass is 79.9. The van der Waals surface area contributed by atoms with Gasteiger partial charge in [-0.15, -0.1) is 34.0 Å². The number of halogens is 2. The summed E-state index contributed by atoms with van der Waals surface area (Å²) >= 11 is 0. The van der Waals surface area contributed by atoms with Gasteiger partial charge in [-0.2, -0.15) is 0 Å². The van der Waals surface area contributed by atoms with Gasteiger partial charge in [0.05, 0.1) is 0 Å². The van der Waals surface area contributed by atoms with Gasteiger partial charge in [0.25, 0.3) is 0 Å². The Kier molecular flexibility index (Phi) is 5.44. The van der Waals surface area contributed by atoms with Gasteiger partial charge in [0.2, 0.25) is 0 Å². The third-order valence-corrected chi connectivity index (χ3v) is 3.40. The number of piperazine rings is 1. The van der Waals surface area contributed by atoms with Crippen molar-refractivity contribution < 1.29 is 0 Å². The topological polar surface area (TPSA) is 15.3 Å². The van der Waals surface area contributed by atoms with Crippen LogP contribution in [0.1, 0.15) is 12.0 Å². The van der Waals surface area contributed by atoms with Crippen molar-refractivity contribution in [2.75, 3.05) is 13.1 Å². The lowest BCUT2D eigenvalue weighted by Gasteiger charge is -2.27. The van der Waals surface area contributed by atoms with Crippen molar-refractivity contribution in [2.24, 2.45) is 0 Å². The highest BCUT2D eigenvalue weighted by molar-refractivity contribution is 8.93. The summed E-state index contributed by atoms with van der Waals surface area (Å²) in [5, 5.41) is 3.53. The summed E-state index contributed by atoms with van der Waals surface area (Å²) in [4.78, 5) is 2.61. The largest absolute Gasteiger partial charge is 0.311 e. The van der Waals surface area contributed by atoms with Gasteiger partial charge in [-0.05, 0) is 12.0 Å². The Bertz CT molecular complexity index is 318. The minimum absolute atomic E-state index is 0. The van der Waals surface area contributed by atoms with E-state index in [-0.39, 0.29) is 34.0 Å². The summed E-state index contributed by atoms with van der Waals surface area (Å²) in [5.74, 6) is 0. The Morgan fingerprint density at radius 3 is 2.50 bits per heavy atom. The van der Waals surface area contributed by atoms with Crippen LogP contribution in [0.3, 0.4) is 0 Å². The maximum absolute atomic E-state index is 3.53. The molecule has 1 aromatic carbocycles. The molecule has 2 aliphatic heterocycles. The van der Waals surface area contributed by atoms with E-state index in [1.807, 2.05) is 0 Å². The SMILES string of the molecule is Br.Br.c1ccc(CN2C[C@H]3C[C@@H]2CN3)cc1. The van der Waals surface area contributed by atoms with E-state index in [0.717, 1.165) is 18.6 Å². The maximum atomic E-state index is 3.53. The number of nitrogens with one attached hydrogen (secondary N) is 1. The average Bonchev–Trinajstić information content (AvgIpc) is 2.81. The molecule has 1 N–H and O–H groups in total. The Morgan fingerprint density at radius 1 is 1.19 bits per heavy atom. The fraction of sp³-hybridized carbons (Fsp3) is 0.500. The summed E-state index contributed by atoms with van der Waals surface area (Å²) in [5.41, 5.74) is 1.44. The van der Waals surface area contributed by atoms with Gasteiger partial charge in [-0.25, -0.2) is 0 Å². The molecule has 0 spiro atoms. The first-order chi connectivity index (χ1) is 6.92. The van der Waals surface area contributed by atoms with Crippen LogP contribution >= 0.6 is 34.0 Å². The van der Waals surface area contributed by atoms with Crippen molar-refractivity contribution in [3.05, 3.63) is 35.9 Å². The summed E-state index contributed by atoms with van der Waals surface area (Å²) in [6.45, 7) is 3.56. The molecule has 1 aromatic rings. The smallest absolute Gasteiger partial charge is 0.0240 e. The van der Waals surface area contributed by atoms with Crippen LogP contribution in [0.25, 0.3) is 0 Å². The van der Waals surface area contributed by atoms with E-state index in [1.54, 1.807) is 0 Å². The Labute approximate surface area is 118 Å². The highest BCUT2D eigenvalue weighted by Crippen LogP contribution is 2.24. The summed E-state index contributed by atoms with van der Waals surface area (Å²) < 4.78 is 0. The van der Waals surface area contributed by atoms with Gasteiger partial charge in [-0.1, -0.05) is 30.3 Å². The molecule has 4 heteroatoms. The predicted octanol–water partition coefficient (Wildman–Crippen LogP) is 2.39. The van der Waals surface area contributed by atoms with E-state index >= 15 is 0 Å². The minimum atomic E-state index is 0. The average molecular weight is 350 g/mol. The zero-order chi connectivity index (χ0) is 9.38. The second kappa shape index (κ2) is 6.15. The van der Waals surface area contributed by atoms with Gasteiger partial charge in [0.1, 0.15) is 0 Å². The molecule has 0 aromatic heterocycles. The first-order valence-electron chi connectivity index (χ1n) is 5.43. The molecule has 2 atom stereocenters. The number of nitrogens with zero attached hydrogens (tertiary/aromatic N) is 1. The fourth-order valence-electron chi connectivity index (χ4n) is 2.66.